The van der Waals surface area contributed by atoms with Crippen LogP contribution in [0.1, 0.15) is 17.3 Å². The monoisotopic (exact) mass is 317 g/mol. The lowest BCUT2D eigenvalue weighted by molar-refractivity contribution is -0.0978. The molecule has 3 nitrogen and oxygen atoms in total. The average Bonchev–Trinajstić information content (AvgIpc) is 2.23. The van der Waals surface area contributed by atoms with Gasteiger partial charge in [-0.05, 0) is 18.2 Å². The first-order valence-electron chi connectivity index (χ1n) is 5.31. The van der Waals surface area contributed by atoms with Crippen LogP contribution in [-0.4, -0.2) is 25.7 Å². The van der Waals surface area contributed by atoms with Crippen LogP contribution in [0.2, 0.25) is 5.02 Å². The van der Waals surface area contributed by atoms with E-state index in [-0.39, 0.29) is 11.3 Å². The van der Waals surface area contributed by atoms with Gasteiger partial charge in [0.2, 0.25) is 0 Å². The molecule has 1 N–H and O–H groups in total. The molecule has 2 rings (SSSR count). The standard InChI is InChI=1S/C12H13BrClNO2/c1-12(6-17-7-12)5-15-11(16)9-3-2-8(13)4-10(9)14/h2-4H,5-7H2,1H3,(H,15,16). The smallest absolute Gasteiger partial charge is 0.252 e. The molecule has 1 aromatic rings. The Hall–Kier alpha value is -0.580. The van der Waals surface area contributed by atoms with Crippen molar-refractivity contribution in [2.45, 2.75) is 6.92 Å². The number of rotatable bonds is 3. The minimum absolute atomic E-state index is 0.0670. The lowest BCUT2D eigenvalue weighted by Gasteiger charge is -2.38. The van der Waals surface area contributed by atoms with Gasteiger partial charge in [-0.3, -0.25) is 4.79 Å². The second-order valence-electron chi connectivity index (χ2n) is 4.61. The van der Waals surface area contributed by atoms with Crippen LogP contribution in [0.25, 0.3) is 0 Å². The van der Waals surface area contributed by atoms with E-state index in [1.165, 1.54) is 0 Å². The minimum Gasteiger partial charge on any atom is -0.380 e. The maximum Gasteiger partial charge on any atom is 0.252 e. The first-order chi connectivity index (χ1) is 8.00. The highest BCUT2D eigenvalue weighted by molar-refractivity contribution is 9.10. The van der Waals surface area contributed by atoms with E-state index < -0.39 is 0 Å². The predicted octanol–water partition coefficient (Wildman–Crippen LogP) is 2.87. The van der Waals surface area contributed by atoms with Crippen LogP contribution >= 0.6 is 27.5 Å². The number of hydrogen-bond acceptors (Lipinski definition) is 2. The summed E-state index contributed by atoms with van der Waals surface area (Å²) in [7, 11) is 0. The van der Waals surface area contributed by atoms with E-state index in [1.807, 2.05) is 0 Å². The fraction of sp³-hybridized carbons (Fsp3) is 0.417. The number of amides is 1. The third-order valence-corrected chi connectivity index (χ3v) is 3.56. The van der Waals surface area contributed by atoms with E-state index in [0.29, 0.717) is 30.3 Å². The van der Waals surface area contributed by atoms with Crippen molar-refractivity contribution in [1.82, 2.24) is 5.32 Å². The summed E-state index contributed by atoms with van der Waals surface area (Å²) in [6.07, 6.45) is 0. The van der Waals surface area contributed by atoms with Gasteiger partial charge in [0.1, 0.15) is 0 Å². The van der Waals surface area contributed by atoms with Gasteiger partial charge in [0.05, 0.1) is 23.8 Å². The summed E-state index contributed by atoms with van der Waals surface area (Å²) in [5, 5.41) is 3.33. The number of hydrogen-bond donors (Lipinski definition) is 1. The first kappa shape index (κ1) is 12.9. The molecule has 0 bridgehead atoms. The highest BCUT2D eigenvalue weighted by Gasteiger charge is 2.33. The van der Waals surface area contributed by atoms with Crippen molar-refractivity contribution in [3.05, 3.63) is 33.3 Å². The van der Waals surface area contributed by atoms with Gasteiger partial charge < -0.3 is 10.1 Å². The molecule has 5 heteroatoms. The molecule has 0 aliphatic carbocycles. The van der Waals surface area contributed by atoms with E-state index >= 15 is 0 Å². The Bertz CT molecular complexity index is 446. The Morgan fingerprint density at radius 1 is 1.59 bits per heavy atom. The Kier molecular flexibility index (Phi) is 3.76. The molecule has 1 aliphatic heterocycles. The van der Waals surface area contributed by atoms with Crippen LogP contribution < -0.4 is 5.32 Å². The SMILES string of the molecule is CC1(CNC(=O)c2ccc(Br)cc2Cl)COC1. The lowest BCUT2D eigenvalue weighted by Crippen LogP contribution is -2.48. The summed E-state index contributed by atoms with van der Waals surface area (Å²) in [5.41, 5.74) is 0.566. The van der Waals surface area contributed by atoms with Crippen molar-refractivity contribution >= 4 is 33.4 Å². The van der Waals surface area contributed by atoms with Crippen molar-refractivity contribution in [2.24, 2.45) is 5.41 Å². The molecule has 0 aromatic heterocycles. The molecule has 1 aliphatic rings. The Morgan fingerprint density at radius 2 is 2.29 bits per heavy atom. The van der Waals surface area contributed by atoms with Gasteiger partial charge in [-0.1, -0.05) is 34.5 Å². The van der Waals surface area contributed by atoms with Gasteiger partial charge in [0.15, 0.2) is 0 Å². The number of carbonyl (C=O) groups excluding carboxylic acids is 1. The molecule has 1 aromatic carbocycles. The predicted molar refractivity (Wildman–Crippen MR) is 70.4 cm³/mol. The molecule has 92 valence electrons. The van der Waals surface area contributed by atoms with E-state index in [9.17, 15) is 4.79 Å². The van der Waals surface area contributed by atoms with Crippen molar-refractivity contribution < 1.29 is 9.53 Å². The fourth-order valence-corrected chi connectivity index (χ4v) is 2.37. The molecule has 1 saturated heterocycles. The van der Waals surface area contributed by atoms with Gasteiger partial charge in [-0.25, -0.2) is 0 Å². The Morgan fingerprint density at radius 3 is 2.82 bits per heavy atom. The van der Waals surface area contributed by atoms with E-state index in [1.54, 1.807) is 18.2 Å². The van der Waals surface area contributed by atoms with E-state index in [4.69, 9.17) is 16.3 Å². The highest BCUT2D eigenvalue weighted by atomic mass is 79.9. The lowest BCUT2D eigenvalue weighted by atomic mass is 9.88. The molecular formula is C12H13BrClNO2. The minimum atomic E-state index is -0.143. The molecule has 0 atom stereocenters. The molecule has 0 radical (unpaired) electrons. The highest BCUT2D eigenvalue weighted by Crippen LogP contribution is 2.26. The first-order valence-corrected chi connectivity index (χ1v) is 6.48. The second kappa shape index (κ2) is 4.96. The maximum atomic E-state index is 11.9. The zero-order chi connectivity index (χ0) is 12.5. The third kappa shape index (κ3) is 3.00. The van der Waals surface area contributed by atoms with Gasteiger partial charge in [-0.15, -0.1) is 0 Å². The summed E-state index contributed by atoms with van der Waals surface area (Å²) in [5.74, 6) is -0.143. The third-order valence-electron chi connectivity index (χ3n) is 2.75. The maximum absolute atomic E-state index is 11.9. The summed E-state index contributed by atoms with van der Waals surface area (Å²) >= 11 is 9.31. The number of ether oxygens (including phenoxy) is 1. The van der Waals surface area contributed by atoms with Crippen LogP contribution in [0.5, 0.6) is 0 Å². The topological polar surface area (TPSA) is 38.3 Å². The van der Waals surface area contributed by atoms with Crippen LogP contribution in [0.4, 0.5) is 0 Å². The summed E-state index contributed by atoms with van der Waals surface area (Å²) < 4.78 is 5.99. The molecule has 0 spiro atoms. The summed E-state index contributed by atoms with van der Waals surface area (Å²) in [6, 6.07) is 5.22. The molecule has 1 fully saturated rings. The normalized spacial score (nSPS) is 17.4. The average molecular weight is 319 g/mol. The van der Waals surface area contributed by atoms with Gasteiger partial charge >= 0.3 is 0 Å². The van der Waals surface area contributed by atoms with Crippen molar-refractivity contribution in [3.8, 4) is 0 Å². The zero-order valence-electron chi connectivity index (χ0n) is 9.43. The van der Waals surface area contributed by atoms with Crippen LogP contribution in [0.15, 0.2) is 22.7 Å². The largest absolute Gasteiger partial charge is 0.380 e. The van der Waals surface area contributed by atoms with Crippen LogP contribution in [-0.2, 0) is 4.74 Å². The molecule has 0 saturated carbocycles. The number of halogens is 2. The quantitative estimate of drug-likeness (QED) is 0.930. The second-order valence-corrected chi connectivity index (χ2v) is 5.93. The molecule has 17 heavy (non-hydrogen) atoms. The molecule has 1 heterocycles. The van der Waals surface area contributed by atoms with Gasteiger partial charge in [-0.2, -0.15) is 0 Å². The molecule has 1 amide bonds. The number of nitrogens with one attached hydrogen (secondary N) is 1. The Balaban J connectivity index is 1.99. The molecule has 0 unspecified atom stereocenters. The summed E-state index contributed by atoms with van der Waals surface area (Å²) in [6.45, 7) is 4.08. The van der Waals surface area contributed by atoms with Crippen molar-refractivity contribution in [3.63, 3.8) is 0 Å². The van der Waals surface area contributed by atoms with E-state index in [0.717, 1.165) is 4.47 Å². The Labute approximate surface area is 114 Å². The van der Waals surface area contributed by atoms with Crippen molar-refractivity contribution in [1.29, 1.82) is 0 Å². The van der Waals surface area contributed by atoms with E-state index in [2.05, 4.69) is 28.2 Å². The van der Waals surface area contributed by atoms with Gasteiger partial charge in [0.25, 0.3) is 5.91 Å². The fourth-order valence-electron chi connectivity index (χ4n) is 1.62. The van der Waals surface area contributed by atoms with Crippen LogP contribution in [0.3, 0.4) is 0 Å². The van der Waals surface area contributed by atoms with Crippen LogP contribution in [0, 0.1) is 5.41 Å². The number of carbonyl (C=O) groups is 1. The van der Waals surface area contributed by atoms with Crippen molar-refractivity contribution in [2.75, 3.05) is 19.8 Å². The van der Waals surface area contributed by atoms with Gasteiger partial charge in [0, 0.05) is 16.4 Å². The number of benzene rings is 1. The molecular weight excluding hydrogens is 305 g/mol. The summed E-state index contributed by atoms with van der Waals surface area (Å²) in [4.78, 5) is 11.9. The zero-order valence-corrected chi connectivity index (χ0v) is 11.8.